The van der Waals surface area contributed by atoms with Crippen LogP contribution in [0.15, 0.2) is 66.0 Å². The minimum absolute atomic E-state index is 0.0393. The van der Waals surface area contributed by atoms with E-state index in [9.17, 15) is 4.79 Å². The summed E-state index contributed by atoms with van der Waals surface area (Å²) in [5.41, 5.74) is 3.33. The molecule has 27 heavy (non-hydrogen) atoms. The number of methoxy groups -OCH3 is 1. The Morgan fingerprint density at radius 3 is 2.41 bits per heavy atom. The Bertz CT molecular complexity index is 873. The lowest BCUT2D eigenvalue weighted by Crippen LogP contribution is -2.34. The molecule has 0 aliphatic carbocycles. The zero-order chi connectivity index (χ0) is 19.2. The largest absolute Gasteiger partial charge is 0.497 e. The van der Waals surface area contributed by atoms with E-state index in [-0.39, 0.29) is 11.9 Å². The fourth-order valence-corrected chi connectivity index (χ4v) is 3.77. The number of benzene rings is 2. The van der Waals surface area contributed by atoms with Crippen LogP contribution in [0.3, 0.4) is 0 Å². The lowest BCUT2D eigenvalue weighted by Gasteiger charge is -2.25. The molecule has 1 unspecified atom stereocenters. The highest BCUT2D eigenvalue weighted by atomic mass is 32.1. The Kier molecular flexibility index (Phi) is 6.27. The first-order chi connectivity index (χ1) is 13.1. The highest BCUT2D eigenvalue weighted by Gasteiger charge is 2.17. The zero-order valence-electron chi connectivity index (χ0n) is 15.8. The van der Waals surface area contributed by atoms with Gasteiger partial charge in [-0.1, -0.05) is 42.5 Å². The van der Waals surface area contributed by atoms with Crippen molar-refractivity contribution in [2.45, 2.75) is 6.04 Å². The zero-order valence-corrected chi connectivity index (χ0v) is 16.6. The van der Waals surface area contributed by atoms with Crippen LogP contribution in [-0.2, 0) is 0 Å². The number of rotatable bonds is 7. The predicted molar refractivity (Wildman–Crippen MR) is 112 cm³/mol. The number of carbonyl (C=O) groups excluding carboxylic acids is 1. The van der Waals surface area contributed by atoms with Gasteiger partial charge in [-0.2, -0.15) is 0 Å². The lowest BCUT2D eigenvalue weighted by atomic mass is 10.1. The van der Waals surface area contributed by atoms with Gasteiger partial charge in [-0.25, -0.2) is 0 Å². The monoisotopic (exact) mass is 380 g/mol. The van der Waals surface area contributed by atoms with Crippen molar-refractivity contribution in [3.63, 3.8) is 0 Å². The van der Waals surface area contributed by atoms with Gasteiger partial charge in [-0.15, -0.1) is 11.3 Å². The first kappa shape index (κ1) is 19.1. The fraction of sp³-hybridized carbons (Fsp3) is 0.227. The van der Waals surface area contributed by atoms with E-state index < -0.39 is 0 Å². The van der Waals surface area contributed by atoms with E-state index in [0.29, 0.717) is 6.54 Å². The Morgan fingerprint density at radius 2 is 1.78 bits per heavy atom. The maximum Gasteiger partial charge on any atom is 0.261 e. The van der Waals surface area contributed by atoms with Crippen LogP contribution in [0.5, 0.6) is 5.75 Å². The molecule has 1 N–H and O–H groups in total. The number of ether oxygens (including phenoxy) is 1. The molecule has 0 radical (unpaired) electrons. The first-order valence-electron chi connectivity index (χ1n) is 8.81. The van der Waals surface area contributed by atoms with Crippen LogP contribution in [-0.4, -0.2) is 38.6 Å². The van der Waals surface area contributed by atoms with Crippen LogP contribution in [0.25, 0.3) is 11.1 Å². The molecule has 1 heterocycles. The fourth-order valence-electron chi connectivity index (χ4n) is 2.94. The molecule has 0 fully saturated rings. The van der Waals surface area contributed by atoms with E-state index >= 15 is 0 Å². The Morgan fingerprint density at radius 1 is 1.07 bits per heavy atom. The molecular weight excluding hydrogens is 356 g/mol. The molecule has 3 aromatic rings. The molecule has 1 atom stereocenters. The third-order valence-corrected chi connectivity index (χ3v) is 5.44. The number of thiophene rings is 1. The van der Waals surface area contributed by atoms with Crippen molar-refractivity contribution in [3.05, 3.63) is 76.5 Å². The topological polar surface area (TPSA) is 41.6 Å². The first-order valence-corrected chi connectivity index (χ1v) is 9.69. The SMILES string of the molecule is COc1ccc(C(CNC(=O)c2cc(-c3ccccc3)cs2)N(C)C)cc1. The summed E-state index contributed by atoms with van der Waals surface area (Å²) in [4.78, 5) is 15.4. The van der Waals surface area contributed by atoms with Crippen LogP contribution < -0.4 is 10.1 Å². The predicted octanol–water partition coefficient (Wildman–Crippen LogP) is 4.46. The van der Waals surface area contributed by atoms with E-state index in [1.165, 1.54) is 11.3 Å². The Labute approximate surface area is 164 Å². The average Bonchev–Trinajstić information content (AvgIpc) is 3.19. The van der Waals surface area contributed by atoms with Gasteiger partial charge in [-0.05, 0) is 54.4 Å². The summed E-state index contributed by atoms with van der Waals surface area (Å²) < 4.78 is 5.22. The van der Waals surface area contributed by atoms with Gasteiger partial charge in [0.15, 0.2) is 0 Å². The van der Waals surface area contributed by atoms with E-state index in [0.717, 1.165) is 27.3 Å². The van der Waals surface area contributed by atoms with Crippen LogP contribution in [0.1, 0.15) is 21.3 Å². The van der Waals surface area contributed by atoms with Gasteiger partial charge in [0.1, 0.15) is 5.75 Å². The normalized spacial score (nSPS) is 12.0. The van der Waals surface area contributed by atoms with Crippen LogP contribution in [0.2, 0.25) is 0 Å². The molecule has 0 bridgehead atoms. The number of hydrogen-bond donors (Lipinski definition) is 1. The molecule has 0 spiro atoms. The van der Waals surface area contributed by atoms with Crippen molar-refractivity contribution in [1.82, 2.24) is 10.2 Å². The smallest absolute Gasteiger partial charge is 0.261 e. The minimum Gasteiger partial charge on any atom is -0.497 e. The Balaban J connectivity index is 1.66. The molecular formula is C22H24N2O2S. The van der Waals surface area contributed by atoms with Crippen LogP contribution in [0.4, 0.5) is 0 Å². The summed E-state index contributed by atoms with van der Waals surface area (Å²) in [7, 11) is 5.68. The average molecular weight is 381 g/mol. The summed E-state index contributed by atoms with van der Waals surface area (Å²) in [5.74, 6) is 0.787. The molecule has 3 rings (SSSR count). The van der Waals surface area contributed by atoms with Gasteiger partial charge in [0.25, 0.3) is 5.91 Å². The number of amides is 1. The van der Waals surface area contributed by atoms with E-state index in [1.54, 1.807) is 7.11 Å². The van der Waals surface area contributed by atoms with Gasteiger partial charge < -0.3 is 15.0 Å². The van der Waals surface area contributed by atoms with Gasteiger partial charge >= 0.3 is 0 Å². The summed E-state index contributed by atoms with van der Waals surface area (Å²) in [6, 6.07) is 20.1. The van der Waals surface area contributed by atoms with Crippen molar-refractivity contribution < 1.29 is 9.53 Å². The van der Waals surface area contributed by atoms with Gasteiger partial charge in [0.2, 0.25) is 0 Å². The second-order valence-corrected chi connectivity index (χ2v) is 7.44. The third kappa shape index (κ3) is 4.76. The minimum atomic E-state index is -0.0393. The molecule has 0 aliphatic heterocycles. The van der Waals surface area contributed by atoms with Crippen molar-refractivity contribution in [3.8, 4) is 16.9 Å². The number of nitrogens with zero attached hydrogens (tertiary/aromatic N) is 1. The van der Waals surface area contributed by atoms with E-state index in [1.807, 2.05) is 68.0 Å². The van der Waals surface area contributed by atoms with Crippen molar-refractivity contribution in [2.75, 3.05) is 27.7 Å². The highest BCUT2D eigenvalue weighted by molar-refractivity contribution is 7.12. The van der Waals surface area contributed by atoms with E-state index in [4.69, 9.17) is 4.74 Å². The van der Waals surface area contributed by atoms with Gasteiger partial charge in [0.05, 0.1) is 18.0 Å². The molecule has 4 nitrogen and oxygen atoms in total. The molecule has 1 aromatic heterocycles. The number of hydrogen-bond acceptors (Lipinski definition) is 4. The molecule has 1 amide bonds. The summed E-state index contributed by atoms with van der Waals surface area (Å²) >= 11 is 1.47. The van der Waals surface area contributed by atoms with Crippen molar-refractivity contribution in [1.29, 1.82) is 0 Å². The number of likely N-dealkylation sites (N-methyl/N-ethyl adjacent to an activating group) is 1. The standard InChI is InChI=1S/C22H24N2O2S/c1-24(2)20(17-9-11-19(26-3)12-10-17)14-23-22(25)21-13-18(15-27-21)16-7-5-4-6-8-16/h4-13,15,20H,14H2,1-3H3,(H,23,25). The van der Waals surface area contributed by atoms with Crippen LogP contribution in [0, 0.1) is 0 Å². The molecule has 140 valence electrons. The Hall–Kier alpha value is -2.63. The maximum atomic E-state index is 12.6. The van der Waals surface area contributed by atoms with Gasteiger partial charge in [0, 0.05) is 6.54 Å². The summed E-state index contributed by atoms with van der Waals surface area (Å²) in [5, 5.41) is 5.10. The van der Waals surface area contributed by atoms with Gasteiger partial charge in [-0.3, -0.25) is 4.79 Å². The lowest BCUT2D eigenvalue weighted by molar-refractivity contribution is 0.0946. The quantitative estimate of drug-likeness (QED) is 0.658. The number of nitrogens with one attached hydrogen (secondary N) is 1. The molecule has 2 aromatic carbocycles. The molecule has 0 saturated carbocycles. The molecule has 0 aliphatic rings. The third-order valence-electron chi connectivity index (χ3n) is 4.51. The van der Waals surface area contributed by atoms with Crippen molar-refractivity contribution >= 4 is 17.2 Å². The van der Waals surface area contributed by atoms with Crippen LogP contribution >= 0.6 is 11.3 Å². The second kappa shape index (κ2) is 8.84. The summed E-state index contributed by atoms with van der Waals surface area (Å²) in [6.07, 6.45) is 0. The molecule has 0 saturated heterocycles. The van der Waals surface area contributed by atoms with Crippen molar-refractivity contribution in [2.24, 2.45) is 0 Å². The summed E-state index contributed by atoms with van der Waals surface area (Å²) in [6.45, 7) is 0.538. The highest BCUT2D eigenvalue weighted by Crippen LogP contribution is 2.26. The maximum absolute atomic E-state index is 12.6. The van der Waals surface area contributed by atoms with E-state index in [2.05, 4.69) is 22.3 Å². The molecule has 5 heteroatoms. The number of carbonyl (C=O) groups is 1. The second-order valence-electron chi connectivity index (χ2n) is 6.53.